The highest BCUT2D eigenvalue weighted by Crippen LogP contribution is 2.13. The molecule has 0 saturated carbocycles. The SMILES string of the molecule is O=C1CN(Cc2cccc(O)c2)C(=O)N1. The average molecular weight is 206 g/mol. The highest BCUT2D eigenvalue weighted by Gasteiger charge is 2.26. The Balaban J connectivity index is 2.09. The zero-order valence-electron chi connectivity index (χ0n) is 7.93. The van der Waals surface area contributed by atoms with Crippen LogP contribution in [0.3, 0.4) is 0 Å². The Bertz CT molecular complexity index is 417. The first-order chi connectivity index (χ1) is 7.15. The fourth-order valence-electron chi connectivity index (χ4n) is 1.49. The van der Waals surface area contributed by atoms with Crippen LogP contribution in [-0.2, 0) is 11.3 Å². The van der Waals surface area contributed by atoms with Gasteiger partial charge in [-0.05, 0) is 17.7 Å². The number of phenols is 1. The van der Waals surface area contributed by atoms with Crippen LogP contribution < -0.4 is 5.32 Å². The summed E-state index contributed by atoms with van der Waals surface area (Å²) in [7, 11) is 0. The summed E-state index contributed by atoms with van der Waals surface area (Å²) in [5, 5.41) is 11.4. The van der Waals surface area contributed by atoms with E-state index in [1.165, 1.54) is 4.90 Å². The van der Waals surface area contributed by atoms with Gasteiger partial charge in [0.1, 0.15) is 12.3 Å². The number of hydrogen-bond donors (Lipinski definition) is 2. The molecular formula is C10H10N2O3. The van der Waals surface area contributed by atoms with Gasteiger partial charge in [-0.25, -0.2) is 4.79 Å². The maximum Gasteiger partial charge on any atom is 0.324 e. The second-order valence-electron chi connectivity index (χ2n) is 3.38. The molecule has 78 valence electrons. The van der Waals surface area contributed by atoms with Gasteiger partial charge in [-0.2, -0.15) is 0 Å². The number of nitrogens with zero attached hydrogens (tertiary/aromatic N) is 1. The van der Waals surface area contributed by atoms with Crippen LogP contribution in [0.5, 0.6) is 5.75 Å². The lowest BCUT2D eigenvalue weighted by Gasteiger charge is -2.12. The molecule has 0 aromatic heterocycles. The van der Waals surface area contributed by atoms with Crippen molar-refractivity contribution in [3.8, 4) is 5.75 Å². The minimum Gasteiger partial charge on any atom is -0.508 e. The molecule has 1 fully saturated rings. The van der Waals surface area contributed by atoms with Gasteiger partial charge in [0.05, 0.1) is 0 Å². The number of carbonyl (C=O) groups is 2. The average Bonchev–Trinajstić information content (AvgIpc) is 2.45. The van der Waals surface area contributed by atoms with Gasteiger partial charge in [-0.1, -0.05) is 12.1 Å². The highest BCUT2D eigenvalue weighted by atomic mass is 16.3. The predicted molar refractivity (Wildman–Crippen MR) is 52.1 cm³/mol. The molecule has 0 radical (unpaired) electrons. The number of amides is 3. The number of imide groups is 1. The van der Waals surface area contributed by atoms with Gasteiger partial charge >= 0.3 is 6.03 Å². The van der Waals surface area contributed by atoms with Crippen LogP contribution >= 0.6 is 0 Å². The molecular weight excluding hydrogens is 196 g/mol. The van der Waals surface area contributed by atoms with Gasteiger partial charge in [-0.3, -0.25) is 10.1 Å². The first-order valence-corrected chi connectivity index (χ1v) is 4.52. The zero-order chi connectivity index (χ0) is 10.8. The molecule has 3 amide bonds. The van der Waals surface area contributed by atoms with Crippen molar-refractivity contribution in [2.75, 3.05) is 6.54 Å². The third kappa shape index (κ3) is 2.07. The van der Waals surface area contributed by atoms with Crippen molar-refractivity contribution < 1.29 is 14.7 Å². The number of carbonyl (C=O) groups excluding carboxylic acids is 2. The lowest BCUT2D eigenvalue weighted by atomic mass is 10.2. The third-order valence-corrected chi connectivity index (χ3v) is 2.15. The smallest absolute Gasteiger partial charge is 0.324 e. The molecule has 1 saturated heterocycles. The van der Waals surface area contributed by atoms with Crippen LogP contribution in [0.15, 0.2) is 24.3 Å². The maximum absolute atomic E-state index is 11.2. The van der Waals surface area contributed by atoms with Crippen LogP contribution in [0.2, 0.25) is 0 Å². The predicted octanol–water partition coefficient (Wildman–Crippen LogP) is 0.444. The molecule has 0 bridgehead atoms. The topological polar surface area (TPSA) is 69.6 Å². The first-order valence-electron chi connectivity index (χ1n) is 4.52. The van der Waals surface area contributed by atoms with Crippen molar-refractivity contribution in [3.63, 3.8) is 0 Å². The summed E-state index contributed by atoms with van der Waals surface area (Å²) in [6, 6.07) is 6.22. The fourth-order valence-corrected chi connectivity index (χ4v) is 1.49. The van der Waals surface area contributed by atoms with Crippen LogP contribution in [0.1, 0.15) is 5.56 Å². The Morgan fingerprint density at radius 2 is 2.20 bits per heavy atom. The van der Waals surface area contributed by atoms with Crippen LogP contribution in [0, 0.1) is 0 Å². The summed E-state index contributed by atoms with van der Waals surface area (Å²) in [6.07, 6.45) is 0. The maximum atomic E-state index is 11.2. The lowest BCUT2D eigenvalue weighted by Crippen LogP contribution is -2.27. The Labute approximate surface area is 86.3 Å². The zero-order valence-corrected chi connectivity index (χ0v) is 7.93. The Kier molecular flexibility index (Phi) is 2.29. The summed E-state index contributed by atoms with van der Waals surface area (Å²) in [5.74, 6) is -0.140. The van der Waals surface area contributed by atoms with E-state index < -0.39 is 0 Å². The number of urea groups is 1. The molecule has 1 aromatic rings. The Morgan fingerprint density at radius 1 is 1.40 bits per heavy atom. The number of benzene rings is 1. The summed E-state index contributed by atoms with van der Waals surface area (Å²) in [6.45, 7) is 0.403. The van der Waals surface area contributed by atoms with E-state index in [-0.39, 0.29) is 24.2 Å². The summed E-state index contributed by atoms with van der Waals surface area (Å²) >= 11 is 0. The van der Waals surface area contributed by atoms with Gasteiger partial charge < -0.3 is 10.0 Å². The van der Waals surface area contributed by atoms with E-state index in [1.807, 2.05) is 0 Å². The number of rotatable bonds is 2. The summed E-state index contributed by atoms with van der Waals surface area (Å²) < 4.78 is 0. The molecule has 1 aliphatic rings. The van der Waals surface area contributed by atoms with Crippen molar-refractivity contribution >= 4 is 11.9 Å². The van der Waals surface area contributed by atoms with Crippen molar-refractivity contribution in [1.29, 1.82) is 0 Å². The van der Waals surface area contributed by atoms with E-state index in [9.17, 15) is 14.7 Å². The number of phenolic OH excluding ortho intramolecular Hbond substituents is 1. The van der Waals surface area contributed by atoms with Gasteiger partial charge in [0.25, 0.3) is 0 Å². The third-order valence-electron chi connectivity index (χ3n) is 2.15. The van der Waals surface area contributed by atoms with Crippen molar-refractivity contribution in [3.05, 3.63) is 29.8 Å². The first kappa shape index (κ1) is 9.51. The lowest BCUT2D eigenvalue weighted by molar-refractivity contribution is -0.118. The molecule has 1 aliphatic heterocycles. The van der Waals surface area contributed by atoms with Crippen molar-refractivity contribution in [2.24, 2.45) is 0 Å². The minimum atomic E-state index is -0.386. The van der Waals surface area contributed by atoms with Gasteiger partial charge in [0.2, 0.25) is 5.91 Å². The molecule has 1 heterocycles. The monoisotopic (exact) mass is 206 g/mol. The van der Waals surface area contributed by atoms with Crippen LogP contribution in [0.4, 0.5) is 4.79 Å². The highest BCUT2D eigenvalue weighted by molar-refractivity contribution is 6.01. The Morgan fingerprint density at radius 3 is 2.80 bits per heavy atom. The molecule has 0 atom stereocenters. The molecule has 5 heteroatoms. The van der Waals surface area contributed by atoms with E-state index in [1.54, 1.807) is 24.3 Å². The van der Waals surface area contributed by atoms with E-state index in [4.69, 9.17) is 0 Å². The van der Waals surface area contributed by atoms with Gasteiger partial charge in [0.15, 0.2) is 0 Å². The summed E-state index contributed by atoms with van der Waals surface area (Å²) in [4.78, 5) is 23.5. The molecule has 2 rings (SSSR count). The van der Waals surface area contributed by atoms with E-state index >= 15 is 0 Å². The molecule has 0 spiro atoms. The van der Waals surface area contributed by atoms with Crippen molar-refractivity contribution in [2.45, 2.75) is 6.54 Å². The summed E-state index contributed by atoms with van der Waals surface area (Å²) in [5.41, 5.74) is 0.792. The largest absolute Gasteiger partial charge is 0.508 e. The van der Waals surface area contributed by atoms with E-state index in [0.29, 0.717) is 6.54 Å². The van der Waals surface area contributed by atoms with Crippen LogP contribution in [-0.4, -0.2) is 28.5 Å². The number of aromatic hydroxyl groups is 1. The molecule has 0 aliphatic carbocycles. The molecule has 0 unspecified atom stereocenters. The minimum absolute atomic E-state index is 0.0779. The standard InChI is InChI=1S/C10H10N2O3/c13-8-3-1-2-7(4-8)5-12-6-9(14)11-10(12)15/h1-4,13H,5-6H2,(H,11,14,15). The number of nitrogens with one attached hydrogen (secondary N) is 1. The molecule has 15 heavy (non-hydrogen) atoms. The van der Waals surface area contributed by atoms with Gasteiger partial charge in [0, 0.05) is 6.54 Å². The van der Waals surface area contributed by atoms with Crippen molar-refractivity contribution in [1.82, 2.24) is 10.2 Å². The fraction of sp³-hybridized carbons (Fsp3) is 0.200. The number of hydrogen-bond acceptors (Lipinski definition) is 3. The van der Waals surface area contributed by atoms with Gasteiger partial charge in [-0.15, -0.1) is 0 Å². The second kappa shape index (κ2) is 3.61. The van der Waals surface area contributed by atoms with E-state index in [2.05, 4.69) is 5.32 Å². The normalized spacial score (nSPS) is 15.6. The molecule has 1 aromatic carbocycles. The van der Waals surface area contributed by atoms with E-state index in [0.717, 1.165) is 5.56 Å². The molecule has 5 nitrogen and oxygen atoms in total. The Hall–Kier alpha value is -2.04. The quantitative estimate of drug-likeness (QED) is 0.690. The van der Waals surface area contributed by atoms with Crippen LogP contribution in [0.25, 0.3) is 0 Å². The second-order valence-corrected chi connectivity index (χ2v) is 3.38. The molecule has 2 N–H and O–H groups in total.